The molecule has 1 saturated heterocycles. The van der Waals surface area contributed by atoms with Crippen molar-refractivity contribution in [1.82, 2.24) is 4.90 Å². The number of unbranched alkanes of at least 4 members (excludes halogenated alkanes) is 1. The van der Waals surface area contributed by atoms with Gasteiger partial charge < -0.3 is 19.4 Å². The van der Waals surface area contributed by atoms with Gasteiger partial charge in [0.25, 0.3) is 0 Å². The summed E-state index contributed by atoms with van der Waals surface area (Å²) >= 11 is 6.74. The molecule has 4 nitrogen and oxygen atoms in total. The summed E-state index contributed by atoms with van der Waals surface area (Å²) in [5.74, 6) is 1.00. The van der Waals surface area contributed by atoms with Crippen molar-refractivity contribution in [2.75, 3.05) is 50.1 Å². The lowest BCUT2D eigenvalue weighted by atomic mass is 9.99. The number of ether oxygens (including phenoxy) is 1. The molecule has 0 radical (unpaired) electrons. The van der Waals surface area contributed by atoms with E-state index in [2.05, 4.69) is 72.1 Å². The number of anilines is 2. The van der Waals surface area contributed by atoms with Crippen molar-refractivity contribution >= 4 is 23.0 Å². The van der Waals surface area contributed by atoms with E-state index in [1.54, 1.807) is 0 Å². The van der Waals surface area contributed by atoms with Gasteiger partial charge in [0.2, 0.25) is 0 Å². The molecule has 162 valence electrons. The van der Waals surface area contributed by atoms with E-state index in [1.165, 1.54) is 23.2 Å². The fraction of sp³-hybridized carbons (Fsp3) is 0.520. The Morgan fingerprint density at radius 2 is 1.93 bits per heavy atom. The Kier molecular flexibility index (Phi) is 6.74. The number of hydrogen-bond donors (Lipinski definition) is 0. The number of halogens is 1. The van der Waals surface area contributed by atoms with Crippen LogP contribution in [0.3, 0.4) is 0 Å². The van der Waals surface area contributed by atoms with Crippen LogP contribution in [0.5, 0.6) is 5.75 Å². The number of nitrogens with zero attached hydrogens (tertiary/aromatic N) is 3. The third-order valence-corrected chi connectivity index (χ3v) is 6.79. The third-order valence-electron chi connectivity index (χ3n) is 6.49. The molecule has 0 spiro atoms. The number of rotatable bonds is 7. The first kappa shape index (κ1) is 21.3. The summed E-state index contributed by atoms with van der Waals surface area (Å²) < 4.78 is 5.89. The Labute approximate surface area is 186 Å². The maximum Gasteiger partial charge on any atom is 0.119 e. The van der Waals surface area contributed by atoms with Gasteiger partial charge in [-0.1, -0.05) is 31.0 Å². The molecular formula is C25H34ClN3O. The highest BCUT2D eigenvalue weighted by molar-refractivity contribution is 6.33. The van der Waals surface area contributed by atoms with Gasteiger partial charge in [-0.2, -0.15) is 0 Å². The molecule has 5 heteroatoms. The van der Waals surface area contributed by atoms with Crippen LogP contribution in [0.15, 0.2) is 36.4 Å². The monoisotopic (exact) mass is 427 g/mol. The smallest absolute Gasteiger partial charge is 0.119 e. The maximum absolute atomic E-state index is 6.74. The Balaban J connectivity index is 1.43. The van der Waals surface area contributed by atoms with Crippen LogP contribution in [0, 0.1) is 0 Å². The molecule has 2 aromatic rings. The first-order chi connectivity index (χ1) is 14.5. The molecule has 2 aliphatic rings. The Morgan fingerprint density at radius 3 is 2.67 bits per heavy atom. The molecule has 0 amide bonds. The molecule has 0 N–H and O–H groups in total. The molecule has 0 saturated carbocycles. The number of hydrogen-bond acceptors (Lipinski definition) is 4. The topological polar surface area (TPSA) is 19.0 Å². The van der Waals surface area contributed by atoms with Crippen LogP contribution in [0.4, 0.5) is 11.4 Å². The second-order valence-corrected chi connectivity index (χ2v) is 9.20. The summed E-state index contributed by atoms with van der Waals surface area (Å²) in [6, 6.07) is 13.8. The summed E-state index contributed by atoms with van der Waals surface area (Å²) in [5.41, 5.74) is 5.17. The van der Waals surface area contributed by atoms with E-state index in [0.29, 0.717) is 6.04 Å². The number of fused-ring (bicyclic) bond motifs is 1. The Bertz CT molecular complexity index is 869. The average molecular weight is 428 g/mol. The molecule has 2 aromatic carbocycles. The van der Waals surface area contributed by atoms with Gasteiger partial charge in [0.05, 0.1) is 17.3 Å². The van der Waals surface area contributed by atoms with Gasteiger partial charge >= 0.3 is 0 Å². The largest absolute Gasteiger partial charge is 0.494 e. The van der Waals surface area contributed by atoms with Crippen molar-refractivity contribution in [3.8, 4) is 5.75 Å². The maximum atomic E-state index is 6.74. The van der Waals surface area contributed by atoms with E-state index in [-0.39, 0.29) is 0 Å². The van der Waals surface area contributed by atoms with Crippen molar-refractivity contribution in [3.63, 3.8) is 0 Å². The van der Waals surface area contributed by atoms with Crippen LogP contribution in [0.25, 0.3) is 0 Å². The summed E-state index contributed by atoms with van der Waals surface area (Å²) in [6.07, 6.45) is 4.50. The SMILES string of the molecule is CCCCOc1ccc2c(c1)CCN(c1ccc(N3CCC(N(C)C)C3)c(Cl)c1)C2. The highest BCUT2D eigenvalue weighted by Gasteiger charge is 2.26. The zero-order chi connectivity index (χ0) is 21.1. The van der Waals surface area contributed by atoms with E-state index in [4.69, 9.17) is 16.3 Å². The normalized spacial score (nSPS) is 18.8. The fourth-order valence-corrected chi connectivity index (χ4v) is 4.80. The minimum Gasteiger partial charge on any atom is -0.494 e. The van der Waals surface area contributed by atoms with Gasteiger partial charge in [-0.15, -0.1) is 0 Å². The average Bonchev–Trinajstić information content (AvgIpc) is 3.24. The van der Waals surface area contributed by atoms with E-state index in [0.717, 1.165) is 68.5 Å². The summed E-state index contributed by atoms with van der Waals surface area (Å²) in [5, 5.41) is 0.859. The van der Waals surface area contributed by atoms with E-state index in [1.807, 2.05) is 0 Å². The zero-order valence-electron chi connectivity index (χ0n) is 18.5. The van der Waals surface area contributed by atoms with Crippen molar-refractivity contribution in [2.24, 2.45) is 0 Å². The molecule has 1 unspecified atom stereocenters. The fourth-order valence-electron chi connectivity index (χ4n) is 4.50. The van der Waals surface area contributed by atoms with Gasteiger partial charge in [-0.3, -0.25) is 0 Å². The number of likely N-dealkylation sites (N-methyl/N-ethyl adjacent to an activating group) is 1. The molecule has 1 atom stereocenters. The van der Waals surface area contributed by atoms with Crippen LogP contribution in [0.1, 0.15) is 37.3 Å². The van der Waals surface area contributed by atoms with Crippen molar-refractivity contribution < 1.29 is 4.74 Å². The standard InChI is InChI=1S/C25H34ClN3O/c1-4-5-14-30-23-8-6-20-17-28(12-10-19(20)15-23)21-7-9-25(24(26)16-21)29-13-11-22(18-29)27(2)3/h6-9,15-16,22H,4-5,10-14,17-18H2,1-3H3. The summed E-state index contributed by atoms with van der Waals surface area (Å²) in [6.45, 7) is 7.04. The predicted molar refractivity (Wildman–Crippen MR) is 127 cm³/mol. The van der Waals surface area contributed by atoms with E-state index in [9.17, 15) is 0 Å². The van der Waals surface area contributed by atoms with Gasteiger partial charge in [0.15, 0.2) is 0 Å². The van der Waals surface area contributed by atoms with Crippen LogP contribution >= 0.6 is 11.6 Å². The van der Waals surface area contributed by atoms with Crippen LogP contribution in [-0.4, -0.2) is 51.3 Å². The first-order valence-electron chi connectivity index (χ1n) is 11.3. The molecule has 0 bridgehead atoms. The van der Waals surface area contributed by atoms with Crippen molar-refractivity contribution in [3.05, 3.63) is 52.5 Å². The Hall–Kier alpha value is -1.91. The summed E-state index contributed by atoms with van der Waals surface area (Å²) in [4.78, 5) is 7.16. The molecule has 2 aliphatic heterocycles. The quantitative estimate of drug-likeness (QED) is 0.563. The van der Waals surface area contributed by atoms with Gasteiger partial charge in [-0.25, -0.2) is 0 Å². The molecule has 30 heavy (non-hydrogen) atoms. The number of benzene rings is 2. The lowest BCUT2D eigenvalue weighted by Gasteiger charge is -2.32. The van der Waals surface area contributed by atoms with E-state index >= 15 is 0 Å². The first-order valence-corrected chi connectivity index (χ1v) is 11.6. The third kappa shape index (κ3) is 4.70. The van der Waals surface area contributed by atoms with Gasteiger partial charge in [0, 0.05) is 37.9 Å². The van der Waals surface area contributed by atoms with Crippen LogP contribution in [0.2, 0.25) is 5.02 Å². The highest BCUT2D eigenvalue weighted by atomic mass is 35.5. The minimum atomic E-state index is 0.607. The zero-order valence-corrected chi connectivity index (χ0v) is 19.3. The molecule has 1 fully saturated rings. The molecule has 4 rings (SSSR count). The highest BCUT2D eigenvalue weighted by Crippen LogP contribution is 2.35. The summed E-state index contributed by atoms with van der Waals surface area (Å²) in [7, 11) is 4.32. The lowest BCUT2D eigenvalue weighted by molar-refractivity contribution is 0.309. The van der Waals surface area contributed by atoms with Gasteiger partial charge in [-0.05, 0) is 74.8 Å². The van der Waals surface area contributed by atoms with Crippen LogP contribution < -0.4 is 14.5 Å². The second kappa shape index (κ2) is 9.49. The minimum absolute atomic E-state index is 0.607. The second-order valence-electron chi connectivity index (χ2n) is 8.79. The molecule has 2 heterocycles. The van der Waals surface area contributed by atoms with Crippen LogP contribution in [-0.2, 0) is 13.0 Å². The Morgan fingerprint density at radius 1 is 1.07 bits per heavy atom. The molecule has 0 aromatic heterocycles. The molecular weight excluding hydrogens is 394 g/mol. The van der Waals surface area contributed by atoms with Gasteiger partial charge in [0.1, 0.15) is 5.75 Å². The molecule has 0 aliphatic carbocycles. The van der Waals surface area contributed by atoms with Crippen molar-refractivity contribution in [2.45, 2.75) is 45.2 Å². The van der Waals surface area contributed by atoms with E-state index < -0.39 is 0 Å². The predicted octanol–water partition coefficient (Wildman–Crippen LogP) is 5.22. The lowest BCUT2D eigenvalue weighted by Crippen LogP contribution is -2.32. The van der Waals surface area contributed by atoms with Crippen molar-refractivity contribution in [1.29, 1.82) is 0 Å².